The van der Waals surface area contributed by atoms with Crippen LogP contribution in [-0.2, 0) is 14.3 Å². The van der Waals surface area contributed by atoms with Gasteiger partial charge in [-0.25, -0.2) is 4.79 Å². The number of carbonyl (C=O) groups excluding carboxylic acids is 1. The Morgan fingerprint density at radius 1 is 1.89 bits per heavy atom. The average Bonchev–Trinajstić information content (AvgIpc) is 2.63. The summed E-state index contributed by atoms with van der Waals surface area (Å²) >= 11 is 0. The molecule has 1 unspecified atom stereocenters. The molecule has 1 fully saturated rings. The second-order valence-electron chi connectivity index (χ2n) is 1.60. The predicted molar refractivity (Wildman–Crippen MR) is 29.3 cm³/mol. The Bertz CT molecular complexity index is 170. The maximum absolute atomic E-state index is 10.5. The third kappa shape index (κ3) is 1.74. The summed E-state index contributed by atoms with van der Waals surface area (Å²) in [6, 6.07) is 0. The van der Waals surface area contributed by atoms with Gasteiger partial charge in [-0.2, -0.15) is 0 Å². The van der Waals surface area contributed by atoms with Crippen LogP contribution in [0.4, 0.5) is 0 Å². The number of hydrogen-bond donors (Lipinski definition) is 0. The third-order valence-corrected chi connectivity index (χ3v) is 0.850. The van der Waals surface area contributed by atoms with E-state index in [0.29, 0.717) is 6.61 Å². The van der Waals surface area contributed by atoms with Crippen LogP contribution in [0.1, 0.15) is 6.92 Å². The van der Waals surface area contributed by atoms with Gasteiger partial charge >= 0.3 is 5.97 Å². The van der Waals surface area contributed by atoms with E-state index in [1.807, 2.05) is 0 Å². The van der Waals surface area contributed by atoms with E-state index < -0.39 is 0 Å². The monoisotopic (exact) mass is 126 g/mol. The van der Waals surface area contributed by atoms with Crippen molar-refractivity contribution in [3.8, 4) is 12.0 Å². The molecule has 0 aliphatic carbocycles. The Balaban J connectivity index is 2.23. The quantitative estimate of drug-likeness (QED) is 0.280. The van der Waals surface area contributed by atoms with Crippen LogP contribution in [0.15, 0.2) is 0 Å². The molecule has 0 bridgehead atoms. The number of rotatable bonds is 1. The van der Waals surface area contributed by atoms with E-state index >= 15 is 0 Å². The molecular weight excluding hydrogens is 120 g/mol. The zero-order valence-corrected chi connectivity index (χ0v) is 5.01. The van der Waals surface area contributed by atoms with E-state index in [-0.39, 0.29) is 12.1 Å². The zero-order chi connectivity index (χ0) is 6.69. The second-order valence-corrected chi connectivity index (χ2v) is 1.60. The maximum atomic E-state index is 10.5. The lowest BCUT2D eigenvalue weighted by Crippen LogP contribution is -2.07. The molecule has 48 valence electrons. The van der Waals surface area contributed by atoms with Crippen molar-refractivity contribution in [1.82, 2.24) is 0 Å². The van der Waals surface area contributed by atoms with Gasteiger partial charge in [-0.15, -0.1) is 0 Å². The highest BCUT2D eigenvalue weighted by atomic mass is 16.6. The van der Waals surface area contributed by atoms with E-state index in [0.717, 1.165) is 0 Å². The van der Waals surface area contributed by atoms with Crippen molar-refractivity contribution in [2.75, 3.05) is 6.61 Å². The minimum Gasteiger partial charge on any atom is -0.370 e. The Labute approximate surface area is 52.9 Å². The molecule has 0 saturated carbocycles. The van der Waals surface area contributed by atoms with Gasteiger partial charge in [-0.05, 0) is 0 Å². The largest absolute Gasteiger partial charge is 0.370 e. The summed E-state index contributed by atoms with van der Waals surface area (Å²) in [7, 11) is 0. The summed E-state index contributed by atoms with van der Waals surface area (Å²) in [5.41, 5.74) is 0. The van der Waals surface area contributed by atoms with Crippen molar-refractivity contribution in [3.63, 3.8) is 0 Å². The van der Waals surface area contributed by atoms with E-state index in [4.69, 9.17) is 0 Å². The van der Waals surface area contributed by atoms with Crippen molar-refractivity contribution in [1.29, 1.82) is 0 Å². The van der Waals surface area contributed by atoms with Crippen LogP contribution >= 0.6 is 0 Å². The van der Waals surface area contributed by atoms with E-state index in [1.165, 1.54) is 0 Å². The highest BCUT2D eigenvalue weighted by Gasteiger charge is 2.32. The second kappa shape index (κ2) is 2.51. The van der Waals surface area contributed by atoms with Crippen LogP contribution in [0.5, 0.6) is 0 Å². The summed E-state index contributed by atoms with van der Waals surface area (Å²) in [4.78, 5) is 10.5. The van der Waals surface area contributed by atoms with Crippen LogP contribution in [0, 0.1) is 12.0 Å². The lowest BCUT2D eigenvalue weighted by Gasteiger charge is -1.85. The van der Waals surface area contributed by atoms with Crippen LogP contribution < -0.4 is 0 Å². The molecule has 3 heteroatoms. The predicted octanol–water partition coefficient (Wildman–Crippen LogP) is -0.0908. The Morgan fingerprint density at radius 3 is 3.00 bits per heavy atom. The van der Waals surface area contributed by atoms with Crippen molar-refractivity contribution in [3.05, 3.63) is 0 Å². The molecule has 1 rings (SSSR count). The smallest absolute Gasteiger partial charge is 0.351 e. The molecule has 1 aliphatic rings. The Kier molecular flexibility index (Phi) is 1.71. The molecule has 1 atom stereocenters. The number of hydrogen-bond acceptors (Lipinski definition) is 3. The summed E-state index contributed by atoms with van der Waals surface area (Å²) in [5, 5.41) is 0. The fraction of sp³-hybridized carbons (Fsp3) is 0.500. The Hall–Kier alpha value is -1.01. The van der Waals surface area contributed by atoms with Crippen LogP contribution in [0.25, 0.3) is 0 Å². The summed E-state index contributed by atoms with van der Waals surface area (Å²) in [6.45, 7) is 2.07. The highest BCUT2D eigenvalue weighted by Crippen LogP contribution is 2.09. The topological polar surface area (TPSA) is 38.8 Å². The van der Waals surface area contributed by atoms with Crippen molar-refractivity contribution >= 4 is 5.97 Å². The molecule has 0 spiro atoms. The molecule has 0 radical (unpaired) electrons. The van der Waals surface area contributed by atoms with Gasteiger partial charge in [0.2, 0.25) is 0 Å². The van der Waals surface area contributed by atoms with Crippen molar-refractivity contribution < 1.29 is 14.3 Å². The fourth-order valence-electron chi connectivity index (χ4n) is 0.351. The maximum Gasteiger partial charge on any atom is 0.351 e. The van der Waals surface area contributed by atoms with Gasteiger partial charge < -0.3 is 9.47 Å². The molecule has 3 nitrogen and oxygen atoms in total. The molecule has 1 aliphatic heterocycles. The number of esters is 1. The molecule has 9 heavy (non-hydrogen) atoms. The van der Waals surface area contributed by atoms with Gasteiger partial charge in [-0.3, -0.25) is 0 Å². The average molecular weight is 126 g/mol. The van der Waals surface area contributed by atoms with Crippen LogP contribution in [0.2, 0.25) is 0 Å². The van der Waals surface area contributed by atoms with E-state index in [2.05, 4.69) is 21.5 Å². The highest BCUT2D eigenvalue weighted by molar-refractivity contribution is 5.77. The van der Waals surface area contributed by atoms with Crippen molar-refractivity contribution in [2.24, 2.45) is 0 Å². The summed E-state index contributed by atoms with van der Waals surface area (Å²) in [6.07, 6.45) is 1.85. The SMILES string of the molecule is CC#COC(=O)C1CO1. The Morgan fingerprint density at radius 2 is 2.56 bits per heavy atom. The third-order valence-electron chi connectivity index (χ3n) is 0.850. The van der Waals surface area contributed by atoms with Gasteiger partial charge in [0.25, 0.3) is 0 Å². The first-order valence-corrected chi connectivity index (χ1v) is 2.58. The lowest BCUT2D eigenvalue weighted by atomic mass is 10.5. The normalized spacial score (nSPS) is 21.7. The minimum absolute atomic E-state index is 0.342. The van der Waals surface area contributed by atoms with Gasteiger partial charge in [-0.1, -0.05) is 5.92 Å². The van der Waals surface area contributed by atoms with Gasteiger partial charge in [0.05, 0.1) is 6.61 Å². The molecule has 1 heterocycles. The first-order valence-electron chi connectivity index (χ1n) is 2.58. The minimum atomic E-state index is -0.385. The van der Waals surface area contributed by atoms with Gasteiger partial charge in [0, 0.05) is 6.92 Å². The molecule has 1 saturated heterocycles. The molecule has 0 aromatic rings. The number of carbonyl (C=O) groups is 1. The van der Waals surface area contributed by atoms with Crippen LogP contribution in [-0.4, -0.2) is 18.7 Å². The van der Waals surface area contributed by atoms with Gasteiger partial charge in [0.15, 0.2) is 6.10 Å². The zero-order valence-electron chi connectivity index (χ0n) is 5.01. The van der Waals surface area contributed by atoms with E-state index in [1.54, 1.807) is 6.92 Å². The number of epoxide rings is 1. The molecular formula is C6H6O3. The van der Waals surface area contributed by atoms with Gasteiger partial charge in [0.1, 0.15) is 6.11 Å². The van der Waals surface area contributed by atoms with Crippen LogP contribution in [0.3, 0.4) is 0 Å². The molecule has 0 aromatic carbocycles. The molecule has 0 amide bonds. The standard InChI is InChI=1S/C6H6O3/c1-2-3-8-6(7)5-4-9-5/h5H,4H2,1H3. The fourth-order valence-corrected chi connectivity index (χ4v) is 0.351. The lowest BCUT2D eigenvalue weighted by molar-refractivity contribution is -0.138. The first kappa shape index (κ1) is 6.12. The molecule has 0 N–H and O–H groups in total. The van der Waals surface area contributed by atoms with Crippen molar-refractivity contribution in [2.45, 2.75) is 13.0 Å². The van der Waals surface area contributed by atoms with E-state index in [9.17, 15) is 4.79 Å². The summed E-state index contributed by atoms with van der Waals surface area (Å²) < 4.78 is 9.02. The first-order chi connectivity index (χ1) is 4.34. The molecule has 0 aromatic heterocycles. The number of ether oxygens (including phenoxy) is 2. The summed E-state index contributed by atoms with van der Waals surface area (Å²) in [5.74, 6) is 2.05.